The molecule has 0 N–H and O–H groups in total. The largest absolute Gasteiger partial charge is 0.493 e. The lowest BCUT2D eigenvalue weighted by molar-refractivity contribution is 0.410. The highest BCUT2D eigenvalue weighted by Crippen LogP contribution is 2.43. The molecule has 4 aromatic heterocycles. The molecule has 0 amide bonds. The molecule has 0 radical (unpaired) electrons. The van der Waals surface area contributed by atoms with E-state index in [4.69, 9.17) is 18.9 Å². The summed E-state index contributed by atoms with van der Waals surface area (Å²) in [6.07, 6.45) is 6.89. The molecule has 0 fully saturated rings. The summed E-state index contributed by atoms with van der Waals surface area (Å²) in [6, 6.07) is 31.1. The van der Waals surface area contributed by atoms with Crippen LogP contribution in [0.2, 0.25) is 0 Å². The maximum atomic E-state index is 5.66. The van der Waals surface area contributed by atoms with Gasteiger partial charge in [-0.3, -0.25) is 9.80 Å². The van der Waals surface area contributed by atoms with Crippen molar-refractivity contribution in [3.8, 4) is 34.1 Å². The number of hydrogen-bond donors (Lipinski definition) is 0. The van der Waals surface area contributed by atoms with E-state index in [0.29, 0.717) is 46.3 Å². The van der Waals surface area contributed by atoms with E-state index in [2.05, 4.69) is 44.2 Å². The van der Waals surface area contributed by atoms with Crippen LogP contribution in [0.5, 0.6) is 23.0 Å². The van der Waals surface area contributed by atoms with Gasteiger partial charge in [0, 0.05) is 36.2 Å². The third kappa shape index (κ3) is 5.83. The van der Waals surface area contributed by atoms with Gasteiger partial charge in [-0.25, -0.2) is 19.9 Å². The van der Waals surface area contributed by atoms with Crippen LogP contribution in [0.4, 0.5) is 34.6 Å². The standard InChI is InChI=1S/C36H32N6O4/c1-43-29-9-5-21-37-33(29)41(34-30(44-2)10-6-22-38-34)27-17-13-25(14-18-27)26-15-19-28(20-16-26)42(35-31(45-3)11-7-23-39-35)36-32(46-4)12-8-24-40-36/h5-24H,1-4H3. The summed E-state index contributed by atoms with van der Waals surface area (Å²) < 4.78 is 22.6. The Morgan fingerprint density at radius 2 is 0.630 bits per heavy atom. The summed E-state index contributed by atoms with van der Waals surface area (Å²) >= 11 is 0. The Morgan fingerprint density at radius 3 is 0.870 bits per heavy atom. The van der Waals surface area contributed by atoms with E-state index < -0.39 is 0 Å². The second-order valence-electron chi connectivity index (χ2n) is 9.88. The Balaban J connectivity index is 1.38. The smallest absolute Gasteiger partial charge is 0.181 e. The van der Waals surface area contributed by atoms with Gasteiger partial charge in [0.1, 0.15) is 0 Å². The first-order valence-corrected chi connectivity index (χ1v) is 14.4. The molecular weight excluding hydrogens is 580 g/mol. The number of benzene rings is 2. The number of aromatic nitrogens is 4. The number of nitrogens with zero attached hydrogens (tertiary/aromatic N) is 6. The highest BCUT2D eigenvalue weighted by atomic mass is 16.5. The van der Waals surface area contributed by atoms with E-state index in [9.17, 15) is 0 Å². The second-order valence-corrected chi connectivity index (χ2v) is 9.88. The van der Waals surface area contributed by atoms with Crippen LogP contribution in [0.25, 0.3) is 11.1 Å². The Hall–Kier alpha value is -6.16. The van der Waals surface area contributed by atoms with Gasteiger partial charge in [-0.05, 0) is 83.9 Å². The van der Waals surface area contributed by atoms with Crippen molar-refractivity contribution in [3.63, 3.8) is 0 Å². The monoisotopic (exact) mass is 612 g/mol. The van der Waals surface area contributed by atoms with Crippen molar-refractivity contribution < 1.29 is 18.9 Å². The lowest BCUT2D eigenvalue weighted by Gasteiger charge is -2.26. The van der Waals surface area contributed by atoms with Crippen LogP contribution in [0, 0.1) is 0 Å². The highest BCUT2D eigenvalue weighted by molar-refractivity contribution is 5.82. The van der Waals surface area contributed by atoms with E-state index in [0.717, 1.165) is 22.5 Å². The average Bonchev–Trinajstić information content (AvgIpc) is 3.13. The van der Waals surface area contributed by atoms with Gasteiger partial charge in [-0.1, -0.05) is 24.3 Å². The lowest BCUT2D eigenvalue weighted by atomic mass is 10.0. The Bertz CT molecular complexity index is 1680. The molecule has 230 valence electrons. The number of rotatable bonds is 11. The topological polar surface area (TPSA) is 95.0 Å². The highest BCUT2D eigenvalue weighted by Gasteiger charge is 2.24. The zero-order valence-electron chi connectivity index (χ0n) is 25.9. The van der Waals surface area contributed by atoms with Crippen LogP contribution >= 0.6 is 0 Å². The zero-order valence-corrected chi connectivity index (χ0v) is 25.9. The molecule has 0 aliphatic heterocycles. The SMILES string of the molecule is COc1cccnc1N(c1ccc(-c2ccc(N(c3ncccc3OC)c3ncccc3OC)cc2)cc1)c1ncccc1OC. The van der Waals surface area contributed by atoms with Crippen molar-refractivity contribution in [1.29, 1.82) is 0 Å². The summed E-state index contributed by atoms with van der Waals surface area (Å²) in [4.78, 5) is 22.4. The average molecular weight is 613 g/mol. The van der Waals surface area contributed by atoms with Crippen LogP contribution < -0.4 is 28.7 Å². The predicted octanol–water partition coefficient (Wildman–Crippen LogP) is 7.91. The van der Waals surface area contributed by atoms with Gasteiger partial charge in [-0.15, -0.1) is 0 Å². The first-order chi connectivity index (χ1) is 22.7. The summed E-state index contributed by atoms with van der Waals surface area (Å²) in [5.41, 5.74) is 3.72. The maximum Gasteiger partial charge on any atom is 0.181 e. The van der Waals surface area contributed by atoms with Crippen molar-refractivity contribution >= 4 is 34.6 Å². The second kappa shape index (κ2) is 13.6. The lowest BCUT2D eigenvalue weighted by Crippen LogP contribution is -2.15. The van der Waals surface area contributed by atoms with Crippen LogP contribution in [-0.4, -0.2) is 48.4 Å². The molecule has 46 heavy (non-hydrogen) atoms. The van der Waals surface area contributed by atoms with Crippen molar-refractivity contribution in [2.45, 2.75) is 0 Å². The first-order valence-electron chi connectivity index (χ1n) is 14.4. The van der Waals surface area contributed by atoms with E-state index in [1.54, 1.807) is 53.2 Å². The fraction of sp³-hybridized carbons (Fsp3) is 0.111. The van der Waals surface area contributed by atoms with Crippen molar-refractivity contribution in [3.05, 3.63) is 122 Å². The maximum absolute atomic E-state index is 5.66. The van der Waals surface area contributed by atoms with Crippen molar-refractivity contribution in [2.24, 2.45) is 0 Å². The molecule has 2 aromatic carbocycles. The molecule has 10 heteroatoms. The van der Waals surface area contributed by atoms with Crippen LogP contribution in [0.15, 0.2) is 122 Å². The van der Waals surface area contributed by atoms with Gasteiger partial charge in [0.15, 0.2) is 46.3 Å². The minimum Gasteiger partial charge on any atom is -0.493 e. The molecule has 0 saturated carbocycles. The van der Waals surface area contributed by atoms with E-state index in [-0.39, 0.29) is 0 Å². The van der Waals surface area contributed by atoms with E-state index in [1.165, 1.54) is 0 Å². The van der Waals surface area contributed by atoms with Gasteiger partial charge in [0.05, 0.1) is 28.4 Å². The quantitative estimate of drug-likeness (QED) is 0.144. The van der Waals surface area contributed by atoms with Crippen molar-refractivity contribution in [1.82, 2.24) is 19.9 Å². The summed E-state index contributed by atoms with van der Waals surface area (Å²) in [7, 11) is 6.48. The van der Waals surface area contributed by atoms with Crippen LogP contribution in [0.3, 0.4) is 0 Å². The molecule has 6 aromatic rings. The molecule has 4 heterocycles. The van der Waals surface area contributed by atoms with Crippen LogP contribution in [-0.2, 0) is 0 Å². The van der Waals surface area contributed by atoms with E-state index in [1.807, 2.05) is 82.6 Å². The normalized spacial score (nSPS) is 10.6. The Kier molecular flexibility index (Phi) is 8.87. The fourth-order valence-corrected chi connectivity index (χ4v) is 5.13. The fourth-order valence-electron chi connectivity index (χ4n) is 5.13. The molecule has 0 spiro atoms. The van der Waals surface area contributed by atoms with Gasteiger partial charge < -0.3 is 18.9 Å². The zero-order chi connectivity index (χ0) is 31.9. The molecule has 0 bridgehead atoms. The van der Waals surface area contributed by atoms with Gasteiger partial charge in [-0.2, -0.15) is 0 Å². The van der Waals surface area contributed by atoms with Crippen LogP contribution in [0.1, 0.15) is 0 Å². The minimum atomic E-state index is 0.592. The molecule has 0 unspecified atom stereocenters. The Morgan fingerprint density at radius 1 is 0.370 bits per heavy atom. The molecular formula is C36H32N6O4. The predicted molar refractivity (Wildman–Crippen MR) is 179 cm³/mol. The summed E-state index contributed by atoms with van der Waals surface area (Å²) in [5.74, 6) is 4.79. The third-order valence-corrected chi connectivity index (χ3v) is 7.31. The van der Waals surface area contributed by atoms with E-state index >= 15 is 0 Å². The third-order valence-electron chi connectivity index (χ3n) is 7.31. The number of methoxy groups -OCH3 is 4. The van der Waals surface area contributed by atoms with Gasteiger partial charge in [0.2, 0.25) is 0 Å². The minimum absolute atomic E-state index is 0.592. The van der Waals surface area contributed by atoms with Gasteiger partial charge in [0.25, 0.3) is 0 Å². The summed E-state index contributed by atoms with van der Waals surface area (Å²) in [6.45, 7) is 0. The van der Waals surface area contributed by atoms with Gasteiger partial charge >= 0.3 is 0 Å². The van der Waals surface area contributed by atoms with Crippen molar-refractivity contribution in [2.75, 3.05) is 38.2 Å². The molecule has 6 rings (SSSR count). The molecule has 0 aliphatic carbocycles. The number of hydrogen-bond acceptors (Lipinski definition) is 10. The molecule has 0 aliphatic rings. The molecule has 0 atom stereocenters. The molecule has 0 saturated heterocycles. The number of anilines is 6. The first kappa shape index (κ1) is 29.9. The number of ether oxygens (including phenoxy) is 4. The summed E-state index contributed by atoms with van der Waals surface area (Å²) in [5, 5.41) is 0. The molecule has 10 nitrogen and oxygen atoms in total. The number of pyridine rings is 4. The Labute approximate surface area is 267 Å².